The second kappa shape index (κ2) is 4.54. The number of hydrogen-bond donors (Lipinski definition) is 1. The Labute approximate surface area is 98.0 Å². The van der Waals surface area contributed by atoms with E-state index in [-0.39, 0.29) is 0 Å². The molecule has 4 heteroatoms. The maximum Gasteiger partial charge on any atom is 0.328 e. The van der Waals surface area contributed by atoms with Crippen molar-refractivity contribution in [2.45, 2.75) is 6.54 Å². The summed E-state index contributed by atoms with van der Waals surface area (Å²) in [5.41, 5.74) is 1.53. The highest BCUT2D eigenvalue weighted by molar-refractivity contribution is 5.82. The monoisotopic (exact) mass is 226 g/mol. The first-order valence-corrected chi connectivity index (χ1v) is 5.09. The molecular formula is C13H10N2O2. The Balaban J connectivity index is 2.35. The van der Waals surface area contributed by atoms with Gasteiger partial charge in [-0.3, -0.25) is 0 Å². The number of hydrogen-bond acceptors (Lipinski definition) is 2. The molecule has 4 nitrogen and oxygen atoms in total. The molecule has 1 aromatic carbocycles. The van der Waals surface area contributed by atoms with E-state index in [9.17, 15) is 4.79 Å². The highest BCUT2D eigenvalue weighted by Crippen LogP contribution is 2.17. The predicted molar refractivity (Wildman–Crippen MR) is 63.4 cm³/mol. The number of benzene rings is 1. The molecule has 0 spiro atoms. The zero-order chi connectivity index (χ0) is 12.3. The third-order valence-corrected chi connectivity index (χ3v) is 2.47. The quantitative estimate of drug-likeness (QED) is 0.815. The Morgan fingerprint density at radius 1 is 1.47 bits per heavy atom. The van der Waals surface area contributed by atoms with Gasteiger partial charge in [-0.05, 0) is 23.6 Å². The molecule has 0 saturated carbocycles. The van der Waals surface area contributed by atoms with Gasteiger partial charge in [-0.25, -0.2) is 4.79 Å². The fourth-order valence-corrected chi connectivity index (χ4v) is 1.68. The molecule has 0 saturated heterocycles. The van der Waals surface area contributed by atoms with E-state index in [2.05, 4.69) is 6.07 Å². The Morgan fingerprint density at radius 3 is 3.00 bits per heavy atom. The van der Waals surface area contributed by atoms with E-state index < -0.39 is 5.97 Å². The van der Waals surface area contributed by atoms with E-state index in [1.807, 2.05) is 22.9 Å². The summed E-state index contributed by atoms with van der Waals surface area (Å²) in [6.07, 6.45) is 4.55. The van der Waals surface area contributed by atoms with Crippen LogP contribution in [0.25, 0.3) is 10.9 Å². The first-order valence-electron chi connectivity index (χ1n) is 5.09. The van der Waals surface area contributed by atoms with Crippen LogP contribution in [-0.2, 0) is 11.3 Å². The summed E-state index contributed by atoms with van der Waals surface area (Å²) >= 11 is 0. The number of fused-ring (bicyclic) bond motifs is 1. The molecule has 0 atom stereocenters. The van der Waals surface area contributed by atoms with Crippen molar-refractivity contribution in [2.24, 2.45) is 0 Å². The van der Waals surface area contributed by atoms with Gasteiger partial charge in [0.15, 0.2) is 0 Å². The number of aromatic nitrogens is 1. The van der Waals surface area contributed by atoms with Crippen LogP contribution >= 0.6 is 0 Å². The molecule has 0 radical (unpaired) electrons. The lowest BCUT2D eigenvalue weighted by molar-refractivity contribution is -0.131. The molecule has 0 amide bonds. The van der Waals surface area contributed by atoms with Crippen molar-refractivity contribution in [3.63, 3.8) is 0 Å². The van der Waals surface area contributed by atoms with Crippen molar-refractivity contribution in [3.05, 3.63) is 48.2 Å². The molecule has 0 aliphatic carbocycles. The summed E-state index contributed by atoms with van der Waals surface area (Å²) in [6.45, 7) is 0.477. The van der Waals surface area contributed by atoms with Gasteiger partial charge in [0.1, 0.15) is 0 Å². The number of rotatable bonds is 3. The molecule has 0 unspecified atom stereocenters. The molecule has 1 N–H and O–H groups in total. The van der Waals surface area contributed by atoms with Gasteiger partial charge in [0.05, 0.1) is 11.6 Å². The smallest absolute Gasteiger partial charge is 0.328 e. The summed E-state index contributed by atoms with van der Waals surface area (Å²) in [7, 11) is 0. The fourth-order valence-electron chi connectivity index (χ4n) is 1.68. The van der Waals surface area contributed by atoms with Gasteiger partial charge in [-0.15, -0.1) is 0 Å². The lowest BCUT2D eigenvalue weighted by Crippen LogP contribution is -1.94. The Bertz CT molecular complexity index is 632. The van der Waals surface area contributed by atoms with Gasteiger partial charge in [-0.1, -0.05) is 12.1 Å². The molecule has 0 fully saturated rings. The molecular weight excluding hydrogens is 216 g/mol. The first kappa shape index (κ1) is 11.0. The summed E-state index contributed by atoms with van der Waals surface area (Å²) in [4.78, 5) is 10.4. The molecule has 2 aromatic rings. The Kier molecular flexibility index (Phi) is 2.93. The highest BCUT2D eigenvalue weighted by Gasteiger charge is 2.01. The topological polar surface area (TPSA) is 66.0 Å². The fraction of sp³-hybridized carbons (Fsp3) is 0.0769. The summed E-state index contributed by atoms with van der Waals surface area (Å²) in [6, 6.07) is 9.46. The van der Waals surface area contributed by atoms with Crippen molar-refractivity contribution in [1.29, 1.82) is 5.26 Å². The number of allylic oxidation sites excluding steroid dienone is 1. The Morgan fingerprint density at radius 2 is 2.29 bits per heavy atom. The molecule has 0 bridgehead atoms. The third-order valence-electron chi connectivity index (χ3n) is 2.47. The lowest BCUT2D eigenvalue weighted by atomic mass is 10.2. The van der Waals surface area contributed by atoms with E-state index in [1.54, 1.807) is 18.2 Å². The van der Waals surface area contributed by atoms with Gasteiger partial charge in [0.25, 0.3) is 0 Å². The number of carbonyl (C=O) groups is 1. The zero-order valence-corrected chi connectivity index (χ0v) is 9.00. The normalized spacial score (nSPS) is 10.8. The molecule has 1 aromatic heterocycles. The number of aliphatic carboxylic acids is 1. The lowest BCUT2D eigenvalue weighted by Gasteiger charge is -2.01. The SMILES string of the molecule is N#Cc1ccc2ccn(C/C=C/C(=O)O)c2c1. The summed E-state index contributed by atoms with van der Waals surface area (Å²) in [5, 5.41) is 18.4. The van der Waals surface area contributed by atoms with Crippen LogP contribution < -0.4 is 0 Å². The van der Waals surface area contributed by atoms with Crippen LogP contribution in [0, 0.1) is 11.3 Å². The minimum atomic E-state index is -0.959. The summed E-state index contributed by atoms with van der Waals surface area (Å²) in [5.74, 6) is -0.959. The average molecular weight is 226 g/mol. The molecule has 2 rings (SSSR count). The second-order valence-corrected chi connectivity index (χ2v) is 3.59. The minimum absolute atomic E-state index is 0.477. The number of nitrogens with zero attached hydrogens (tertiary/aromatic N) is 2. The summed E-state index contributed by atoms with van der Waals surface area (Å²) < 4.78 is 1.90. The van der Waals surface area contributed by atoms with Crippen LogP contribution in [0.3, 0.4) is 0 Å². The molecule has 0 aliphatic heterocycles. The van der Waals surface area contributed by atoms with Crippen molar-refractivity contribution in [3.8, 4) is 6.07 Å². The predicted octanol–water partition coefficient (Wildman–Crippen LogP) is 2.15. The minimum Gasteiger partial charge on any atom is -0.478 e. The van der Waals surface area contributed by atoms with Gasteiger partial charge in [0.2, 0.25) is 0 Å². The van der Waals surface area contributed by atoms with Gasteiger partial charge >= 0.3 is 5.97 Å². The van der Waals surface area contributed by atoms with Crippen LogP contribution in [0.2, 0.25) is 0 Å². The molecule has 0 aliphatic rings. The maximum absolute atomic E-state index is 10.4. The standard InChI is InChI=1S/C13H10N2O2/c14-9-10-3-4-11-5-7-15(12(11)8-10)6-1-2-13(16)17/h1-5,7-8H,6H2,(H,16,17)/b2-1+. The van der Waals surface area contributed by atoms with Crippen LogP contribution in [0.4, 0.5) is 0 Å². The largest absolute Gasteiger partial charge is 0.478 e. The first-order chi connectivity index (χ1) is 8.20. The van der Waals surface area contributed by atoms with Crippen LogP contribution in [0.5, 0.6) is 0 Å². The van der Waals surface area contributed by atoms with Crippen LogP contribution in [-0.4, -0.2) is 15.6 Å². The third kappa shape index (κ3) is 2.34. The molecule has 84 valence electrons. The van der Waals surface area contributed by atoms with Crippen molar-refractivity contribution in [1.82, 2.24) is 4.57 Å². The van der Waals surface area contributed by atoms with E-state index in [0.717, 1.165) is 17.0 Å². The molecule has 17 heavy (non-hydrogen) atoms. The van der Waals surface area contributed by atoms with Gasteiger partial charge < -0.3 is 9.67 Å². The van der Waals surface area contributed by atoms with Gasteiger partial charge in [-0.2, -0.15) is 5.26 Å². The molecule has 1 heterocycles. The average Bonchev–Trinajstić information content (AvgIpc) is 2.71. The van der Waals surface area contributed by atoms with Crippen molar-refractivity contribution >= 4 is 16.9 Å². The van der Waals surface area contributed by atoms with E-state index in [0.29, 0.717) is 12.1 Å². The van der Waals surface area contributed by atoms with E-state index in [4.69, 9.17) is 10.4 Å². The number of carboxylic acids is 1. The van der Waals surface area contributed by atoms with Crippen molar-refractivity contribution < 1.29 is 9.90 Å². The van der Waals surface area contributed by atoms with E-state index in [1.165, 1.54) is 0 Å². The van der Waals surface area contributed by atoms with Crippen LogP contribution in [0.1, 0.15) is 5.56 Å². The number of carboxylic acid groups (broad SMARTS) is 1. The van der Waals surface area contributed by atoms with Crippen molar-refractivity contribution in [2.75, 3.05) is 0 Å². The Hall–Kier alpha value is -2.54. The van der Waals surface area contributed by atoms with Gasteiger partial charge in [0, 0.05) is 24.3 Å². The zero-order valence-electron chi connectivity index (χ0n) is 9.00. The van der Waals surface area contributed by atoms with E-state index >= 15 is 0 Å². The number of nitriles is 1. The maximum atomic E-state index is 10.4. The second-order valence-electron chi connectivity index (χ2n) is 3.59. The van der Waals surface area contributed by atoms with Crippen LogP contribution in [0.15, 0.2) is 42.6 Å². The highest BCUT2D eigenvalue weighted by atomic mass is 16.4.